The lowest BCUT2D eigenvalue weighted by Gasteiger charge is -2.32. The van der Waals surface area contributed by atoms with Gasteiger partial charge in [-0.25, -0.2) is 4.98 Å². The van der Waals surface area contributed by atoms with Crippen LogP contribution in [-0.4, -0.2) is 43.1 Å². The minimum absolute atomic E-state index is 0.0916. The van der Waals surface area contributed by atoms with Crippen molar-refractivity contribution in [3.63, 3.8) is 0 Å². The molecule has 0 atom stereocenters. The normalized spacial score (nSPS) is 14.9. The van der Waals surface area contributed by atoms with Crippen LogP contribution in [0.4, 0.5) is 5.82 Å². The van der Waals surface area contributed by atoms with Crippen LogP contribution in [0.2, 0.25) is 0 Å². The van der Waals surface area contributed by atoms with Crippen LogP contribution in [-0.2, 0) is 14.3 Å². The first-order valence-corrected chi connectivity index (χ1v) is 7.69. The predicted octanol–water partition coefficient (Wildman–Crippen LogP) is 0.849. The Morgan fingerprint density at radius 2 is 2.22 bits per heavy atom. The number of anilines is 1. The second kappa shape index (κ2) is 8.13. The summed E-state index contributed by atoms with van der Waals surface area (Å²) < 4.78 is 4.78. The van der Waals surface area contributed by atoms with Crippen LogP contribution < -0.4 is 10.2 Å². The summed E-state index contributed by atoms with van der Waals surface area (Å²) in [6.45, 7) is 3.25. The SMILES string of the molecule is CCOC(=O)CNC(=O)C1CCN(c2ncccc2C#N)CC1. The van der Waals surface area contributed by atoms with E-state index in [4.69, 9.17) is 10.00 Å². The van der Waals surface area contributed by atoms with Gasteiger partial charge in [0.15, 0.2) is 0 Å². The van der Waals surface area contributed by atoms with Gasteiger partial charge in [0.05, 0.1) is 12.2 Å². The number of rotatable bonds is 5. The lowest BCUT2D eigenvalue weighted by Crippen LogP contribution is -2.42. The number of carbonyl (C=O) groups excluding carboxylic acids is 2. The zero-order valence-electron chi connectivity index (χ0n) is 13.1. The molecule has 7 nitrogen and oxygen atoms in total. The fourth-order valence-corrected chi connectivity index (χ4v) is 2.61. The molecule has 1 aromatic heterocycles. The summed E-state index contributed by atoms with van der Waals surface area (Å²) in [4.78, 5) is 29.6. The molecule has 122 valence electrons. The van der Waals surface area contributed by atoms with E-state index in [1.807, 2.05) is 4.90 Å². The van der Waals surface area contributed by atoms with Crippen LogP contribution >= 0.6 is 0 Å². The molecule has 2 heterocycles. The molecule has 0 aromatic carbocycles. The van der Waals surface area contributed by atoms with E-state index in [1.54, 1.807) is 25.3 Å². The molecule has 23 heavy (non-hydrogen) atoms. The number of hydrogen-bond donors (Lipinski definition) is 1. The highest BCUT2D eigenvalue weighted by molar-refractivity contribution is 5.83. The summed E-state index contributed by atoms with van der Waals surface area (Å²) in [5, 5.41) is 11.7. The van der Waals surface area contributed by atoms with Crippen LogP contribution in [0, 0.1) is 17.2 Å². The lowest BCUT2D eigenvalue weighted by atomic mass is 9.95. The molecular formula is C16H20N4O3. The summed E-state index contributed by atoms with van der Waals surface area (Å²) in [6.07, 6.45) is 2.99. The maximum Gasteiger partial charge on any atom is 0.325 e. The van der Waals surface area contributed by atoms with E-state index in [0.717, 1.165) is 0 Å². The maximum absolute atomic E-state index is 12.1. The topological polar surface area (TPSA) is 95.3 Å². The smallest absolute Gasteiger partial charge is 0.325 e. The minimum Gasteiger partial charge on any atom is -0.465 e. The van der Waals surface area contributed by atoms with Crippen LogP contribution in [0.5, 0.6) is 0 Å². The number of nitrogens with one attached hydrogen (secondary N) is 1. The number of ether oxygens (including phenoxy) is 1. The predicted molar refractivity (Wildman–Crippen MR) is 83.5 cm³/mol. The minimum atomic E-state index is -0.426. The average Bonchev–Trinajstić information content (AvgIpc) is 2.60. The van der Waals surface area contributed by atoms with Crippen molar-refractivity contribution in [3.8, 4) is 6.07 Å². The zero-order valence-corrected chi connectivity index (χ0v) is 13.1. The molecule has 1 N–H and O–H groups in total. The van der Waals surface area contributed by atoms with Gasteiger partial charge >= 0.3 is 5.97 Å². The molecule has 1 saturated heterocycles. The maximum atomic E-state index is 12.1. The van der Waals surface area contributed by atoms with Crippen LogP contribution in [0.15, 0.2) is 18.3 Å². The molecule has 0 bridgehead atoms. The molecule has 1 fully saturated rings. The first kappa shape index (κ1) is 16.7. The molecule has 1 aliphatic rings. The third-order valence-electron chi connectivity index (χ3n) is 3.78. The number of carbonyl (C=O) groups is 2. The van der Waals surface area contributed by atoms with Crippen molar-refractivity contribution in [1.29, 1.82) is 5.26 Å². The van der Waals surface area contributed by atoms with Crippen molar-refractivity contribution in [3.05, 3.63) is 23.9 Å². The number of amides is 1. The average molecular weight is 316 g/mol. The van der Waals surface area contributed by atoms with Crippen molar-refractivity contribution in [1.82, 2.24) is 10.3 Å². The van der Waals surface area contributed by atoms with Crippen molar-refractivity contribution in [2.45, 2.75) is 19.8 Å². The monoisotopic (exact) mass is 316 g/mol. The first-order chi connectivity index (χ1) is 11.2. The highest BCUT2D eigenvalue weighted by Crippen LogP contribution is 2.24. The molecule has 2 rings (SSSR count). The summed E-state index contributed by atoms with van der Waals surface area (Å²) in [5.74, 6) is -0.0139. The van der Waals surface area contributed by atoms with Crippen molar-refractivity contribution in [2.75, 3.05) is 31.1 Å². The van der Waals surface area contributed by atoms with Gasteiger partial charge in [0.1, 0.15) is 18.4 Å². The largest absolute Gasteiger partial charge is 0.465 e. The molecule has 0 saturated carbocycles. The summed E-state index contributed by atoms with van der Waals surface area (Å²) in [6, 6.07) is 5.61. The Morgan fingerprint density at radius 1 is 1.48 bits per heavy atom. The lowest BCUT2D eigenvalue weighted by molar-refractivity contribution is -0.143. The Morgan fingerprint density at radius 3 is 2.87 bits per heavy atom. The number of piperidine rings is 1. The van der Waals surface area contributed by atoms with Gasteiger partial charge in [-0.3, -0.25) is 9.59 Å². The van der Waals surface area contributed by atoms with E-state index in [2.05, 4.69) is 16.4 Å². The number of hydrogen-bond acceptors (Lipinski definition) is 6. The molecular weight excluding hydrogens is 296 g/mol. The van der Waals surface area contributed by atoms with E-state index in [-0.39, 0.29) is 18.4 Å². The summed E-state index contributed by atoms with van der Waals surface area (Å²) in [5.41, 5.74) is 0.540. The van der Waals surface area contributed by atoms with Gasteiger partial charge in [0.25, 0.3) is 0 Å². The van der Waals surface area contributed by atoms with E-state index < -0.39 is 5.97 Å². The Hall–Kier alpha value is -2.62. The third-order valence-corrected chi connectivity index (χ3v) is 3.78. The molecule has 1 aliphatic heterocycles. The van der Waals surface area contributed by atoms with Crippen LogP contribution in [0.1, 0.15) is 25.3 Å². The van der Waals surface area contributed by atoms with Gasteiger partial charge in [-0.1, -0.05) is 0 Å². The van der Waals surface area contributed by atoms with Gasteiger partial charge in [0.2, 0.25) is 5.91 Å². The summed E-state index contributed by atoms with van der Waals surface area (Å²) in [7, 11) is 0. The highest BCUT2D eigenvalue weighted by atomic mass is 16.5. The highest BCUT2D eigenvalue weighted by Gasteiger charge is 2.26. The first-order valence-electron chi connectivity index (χ1n) is 7.69. The number of nitriles is 1. The van der Waals surface area contributed by atoms with Gasteiger partial charge in [-0.2, -0.15) is 5.26 Å². The Balaban J connectivity index is 1.85. The molecule has 0 aliphatic carbocycles. The van der Waals surface area contributed by atoms with Crippen LogP contribution in [0.25, 0.3) is 0 Å². The van der Waals surface area contributed by atoms with E-state index in [9.17, 15) is 9.59 Å². The number of esters is 1. The van der Waals surface area contributed by atoms with Gasteiger partial charge in [-0.05, 0) is 31.9 Å². The van der Waals surface area contributed by atoms with Crippen molar-refractivity contribution < 1.29 is 14.3 Å². The standard InChI is InChI=1S/C16H20N4O3/c1-2-23-14(21)11-19-16(22)12-5-8-20(9-6-12)15-13(10-17)4-3-7-18-15/h3-4,7,12H,2,5-6,8-9,11H2,1H3,(H,19,22). The Kier molecular flexibility index (Phi) is 5.92. The molecule has 1 amide bonds. The summed E-state index contributed by atoms with van der Waals surface area (Å²) >= 11 is 0. The second-order valence-corrected chi connectivity index (χ2v) is 5.27. The third kappa shape index (κ3) is 4.42. The molecule has 1 aromatic rings. The van der Waals surface area contributed by atoms with Gasteiger partial charge in [-0.15, -0.1) is 0 Å². The molecule has 7 heteroatoms. The molecule has 0 radical (unpaired) electrons. The van der Waals surface area contributed by atoms with E-state index in [1.165, 1.54) is 0 Å². The Bertz CT molecular complexity index is 604. The molecule has 0 unspecified atom stereocenters. The quantitative estimate of drug-likeness (QED) is 0.809. The van der Waals surface area contributed by atoms with Crippen molar-refractivity contribution in [2.24, 2.45) is 5.92 Å². The second-order valence-electron chi connectivity index (χ2n) is 5.27. The van der Waals surface area contributed by atoms with E-state index in [0.29, 0.717) is 43.9 Å². The number of aromatic nitrogens is 1. The fourth-order valence-electron chi connectivity index (χ4n) is 2.61. The van der Waals surface area contributed by atoms with Crippen molar-refractivity contribution >= 4 is 17.7 Å². The van der Waals surface area contributed by atoms with Gasteiger partial charge < -0.3 is 15.0 Å². The van der Waals surface area contributed by atoms with Gasteiger partial charge in [0, 0.05) is 25.2 Å². The zero-order chi connectivity index (χ0) is 16.7. The number of pyridine rings is 1. The Labute approximate surface area is 135 Å². The fraction of sp³-hybridized carbons (Fsp3) is 0.500. The number of nitrogens with zero attached hydrogens (tertiary/aromatic N) is 3. The molecule has 0 spiro atoms. The van der Waals surface area contributed by atoms with Crippen LogP contribution in [0.3, 0.4) is 0 Å². The van der Waals surface area contributed by atoms with E-state index >= 15 is 0 Å².